The number of urea groups is 1. The zero-order chi connectivity index (χ0) is 14.4. The molecule has 0 saturated heterocycles. The first-order valence-electron chi connectivity index (χ1n) is 7.82. The Morgan fingerprint density at radius 1 is 1.35 bits per heavy atom. The minimum atomic E-state index is -0.0697. The standard InChI is InChI=1S/C15H26N4O/c1-3-13(4-2)18-15(20)16-9-10-19-14-8-6-5-7-12(14)11-17-19/h11,13H,3-10H2,1-2H3,(H2,16,18,20). The first-order chi connectivity index (χ1) is 9.74. The quantitative estimate of drug-likeness (QED) is 0.838. The van der Waals surface area contributed by atoms with Crippen molar-refractivity contribution in [2.75, 3.05) is 6.54 Å². The van der Waals surface area contributed by atoms with Gasteiger partial charge in [-0.15, -0.1) is 0 Å². The third kappa shape index (κ3) is 3.74. The Labute approximate surface area is 121 Å². The van der Waals surface area contributed by atoms with Gasteiger partial charge in [0.2, 0.25) is 0 Å². The van der Waals surface area contributed by atoms with E-state index in [0.29, 0.717) is 6.54 Å². The maximum absolute atomic E-state index is 11.7. The van der Waals surface area contributed by atoms with Crippen molar-refractivity contribution < 1.29 is 4.79 Å². The number of carbonyl (C=O) groups is 1. The predicted molar refractivity (Wildman–Crippen MR) is 79.8 cm³/mol. The van der Waals surface area contributed by atoms with Crippen LogP contribution in [0.4, 0.5) is 4.79 Å². The summed E-state index contributed by atoms with van der Waals surface area (Å²) in [6.07, 6.45) is 8.72. The summed E-state index contributed by atoms with van der Waals surface area (Å²) in [6, 6.07) is 0.201. The fourth-order valence-electron chi connectivity index (χ4n) is 2.75. The van der Waals surface area contributed by atoms with Crippen molar-refractivity contribution >= 4 is 6.03 Å². The van der Waals surface area contributed by atoms with E-state index >= 15 is 0 Å². The molecule has 2 amide bonds. The molecule has 2 rings (SSSR count). The molecule has 0 atom stereocenters. The number of aromatic nitrogens is 2. The van der Waals surface area contributed by atoms with Crippen LogP contribution in [-0.2, 0) is 19.4 Å². The zero-order valence-corrected chi connectivity index (χ0v) is 12.6. The summed E-state index contributed by atoms with van der Waals surface area (Å²) in [5, 5.41) is 10.3. The van der Waals surface area contributed by atoms with E-state index in [2.05, 4.69) is 29.6 Å². The number of hydrogen-bond acceptors (Lipinski definition) is 2. The van der Waals surface area contributed by atoms with Crippen LogP contribution in [0, 0.1) is 0 Å². The molecule has 2 N–H and O–H groups in total. The van der Waals surface area contributed by atoms with E-state index in [9.17, 15) is 4.79 Å². The summed E-state index contributed by atoms with van der Waals surface area (Å²) >= 11 is 0. The summed E-state index contributed by atoms with van der Waals surface area (Å²) in [7, 11) is 0. The molecule has 5 nitrogen and oxygen atoms in total. The lowest BCUT2D eigenvalue weighted by Gasteiger charge is -2.16. The number of amides is 2. The van der Waals surface area contributed by atoms with Crippen LogP contribution in [0.2, 0.25) is 0 Å². The molecule has 0 saturated carbocycles. The van der Waals surface area contributed by atoms with Gasteiger partial charge in [0.25, 0.3) is 0 Å². The lowest BCUT2D eigenvalue weighted by molar-refractivity contribution is 0.235. The summed E-state index contributed by atoms with van der Waals surface area (Å²) in [4.78, 5) is 11.7. The Morgan fingerprint density at radius 2 is 2.10 bits per heavy atom. The molecule has 20 heavy (non-hydrogen) atoms. The first-order valence-corrected chi connectivity index (χ1v) is 7.82. The molecule has 0 radical (unpaired) electrons. The van der Waals surface area contributed by atoms with Crippen LogP contribution in [0.5, 0.6) is 0 Å². The molecular formula is C15H26N4O. The van der Waals surface area contributed by atoms with Gasteiger partial charge in [-0.2, -0.15) is 5.10 Å². The molecule has 1 aliphatic rings. The zero-order valence-electron chi connectivity index (χ0n) is 12.6. The molecule has 1 aliphatic carbocycles. The van der Waals surface area contributed by atoms with Gasteiger partial charge in [0.05, 0.1) is 12.7 Å². The Balaban J connectivity index is 1.76. The summed E-state index contributed by atoms with van der Waals surface area (Å²) in [5.41, 5.74) is 2.75. The number of hydrogen-bond donors (Lipinski definition) is 2. The minimum Gasteiger partial charge on any atom is -0.336 e. The second-order valence-electron chi connectivity index (χ2n) is 5.46. The predicted octanol–water partition coefficient (Wildman–Crippen LogP) is 2.25. The normalized spacial score (nSPS) is 14.2. The van der Waals surface area contributed by atoms with Crippen molar-refractivity contribution in [3.05, 3.63) is 17.5 Å². The molecule has 1 heterocycles. The summed E-state index contributed by atoms with van der Waals surface area (Å²) in [5.74, 6) is 0. The summed E-state index contributed by atoms with van der Waals surface area (Å²) in [6.45, 7) is 5.56. The SMILES string of the molecule is CCC(CC)NC(=O)NCCn1ncc2c1CCCC2. The van der Waals surface area contributed by atoms with Gasteiger partial charge in [-0.1, -0.05) is 13.8 Å². The minimum absolute atomic E-state index is 0.0697. The molecule has 0 aromatic carbocycles. The lowest BCUT2D eigenvalue weighted by Crippen LogP contribution is -2.42. The number of fused-ring (bicyclic) bond motifs is 1. The van der Waals surface area contributed by atoms with Crippen LogP contribution in [0.15, 0.2) is 6.20 Å². The number of nitrogens with zero attached hydrogens (tertiary/aromatic N) is 2. The van der Waals surface area contributed by atoms with E-state index in [4.69, 9.17) is 0 Å². The van der Waals surface area contributed by atoms with Gasteiger partial charge < -0.3 is 10.6 Å². The molecule has 1 aromatic rings. The Kier molecular flexibility index (Phi) is 5.44. The highest BCUT2D eigenvalue weighted by molar-refractivity contribution is 5.74. The van der Waals surface area contributed by atoms with Crippen molar-refractivity contribution in [2.45, 2.75) is 65.0 Å². The fraction of sp³-hybridized carbons (Fsp3) is 0.733. The van der Waals surface area contributed by atoms with Gasteiger partial charge in [-0.3, -0.25) is 4.68 Å². The molecule has 0 spiro atoms. The molecule has 112 valence electrons. The van der Waals surface area contributed by atoms with Gasteiger partial charge in [0, 0.05) is 18.3 Å². The monoisotopic (exact) mass is 278 g/mol. The van der Waals surface area contributed by atoms with Crippen molar-refractivity contribution in [1.29, 1.82) is 0 Å². The van der Waals surface area contributed by atoms with Crippen LogP contribution in [0.1, 0.15) is 50.8 Å². The highest BCUT2D eigenvalue weighted by Gasteiger charge is 2.14. The van der Waals surface area contributed by atoms with Crippen molar-refractivity contribution in [1.82, 2.24) is 20.4 Å². The van der Waals surface area contributed by atoms with Crippen molar-refractivity contribution in [2.24, 2.45) is 0 Å². The average Bonchev–Trinajstić information content (AvgIpc) is 2.88. The third-order valence-corrected chi connectivity index (χ3v) is 4.07. The van der Waals surface area contributed by atoms with Crippen LogP contribution in [0.25, 0.3) is 0 Å². The lowest BCUT2D eigenvalue weighted by atomic mass is 9.98. The third-order valence-electron chi connectivity index (χ3n) is 4.07. The van der Waals surface area contributed by atoms with Crippen molar-refractivity contribution in [3.63, 3.8) is 0 Å². The van der Waals surface area contributed by atoms with Crippen molar-refractivity contribution in [3.8, 4) is 0 Å². The molecule has 0 bridgehead atoms. The van der Waals surface area contributed by atoms with E-state index in [-0.39, 0.29) is 12.1 Å². The second-order valence-corrected chi connectivity index (χ2v) is 5.46. The maximum Gasteiger partial charge on any atom is 0.315 e. The van der Waals surface area contributed by atoms with E-state index in [0.717, 1.165) is 32.2 Å². The molecule has 1 aromatic heterocycles. The molecule has 0 unspecified atom stereocenters. The topological polar surface area (TPSA) is 59.0 Å². The second kappa shape index (κ2) is 7.31. The molecule has 0 aliphatic heterocycles. The number of aryl methyl sites for hydroxylation is 1. The van der Waals surface area contributed by atoms with Crippen LogP contribution in [-0.4, -0.2) is 28.4 Å². The molecule has 0 fully saturated rings. The smallest absolute Gasteiger partial charge is 0.315 e. The van der Waals surface area contributed by atoms with Crippen LogP contribution in [0.3, 0.4) is 0 Å². The molecular weight excluding hydrogens is 252 g/mol. The largest absolute Gasteiger partial charge is 0.336 e. The van der Waals surface area contributed by atoms with Gasteiger partial charge in [-0.25, -0.2) is 4.79 Å². The van der Waals surface area contributed by atoms with Gasteiger partial charge in [-0.05, 0) is 44.1 Å². The average molecular weight is 278 g/mol. The maximum atomic E-state index is 11.7. The number of rotatable bonds is 6. The van der Waals surface area contributed by atoms with E-state index in [1.165, 1.54) is 24.1 Å². The number of carbonyl (C=O) groups excluding carboxylic acids is 1. The highest BCUT2D eigenvalue weighted by atomic mass is 16.2. The number of nitrogens with one attached hydrogen (secondary N) is 2. The van der Waals surface area contributed by atoms with Gasteiger partial charge >= 0.3 is 6.03 Å². The van der Waals surface area contributed by atoms with Gasteiger partial charge in [0.1, 0.15) is 0 Å². The van der Waals surface area contributed by atoms with E-state index < -0.39 is 0 Å². The Bertz CT molecular complexity index is 437. The van der Waals surface area contributed by atoms with E-state index in [1.807, 2.05) is 10.9 Å². The Hall–Kier alpha value is -1.52. The Morgan fingerprint density at radius 3 is 2.85 bits per heavy atom. The summed E-state index contributed by atoms with van der Waals surface area (Å²) < 4.78 is 2.05. The highest BCUT2D eigenvalue weighted by Crippen LogP contribution is 2.20. The molecule has 5 heteroatoms. The first kappa shape index (κ1) is 14.9. The van der Waals surface area contributed by atoms with E-state index in [1.54, 1.807) is 0 Å². The van der Waals surface area contributed by atoms with Crippen LogP contribution < -0.4 is 10.6 Å². The van der Waals surface area contributed by atoms with Gasteiger partial charge in [0.15, 0.2) is 0 Å². The van der Waals surface area contributed by atoms with Crippen LogP contribution >= 0.6 is 0 Å². The fourth-order valence-corrected chi connectivity index (χ4v) is 2.75.